The number of pyridine rings is 1. The van der Waals surface area contributed by atoms with E-state index in [1.165, 1.54) is 12.4 Å². The predicted molar refractivity (Wildman–Crippen MR) is 55.5 cm³/mol. The zero-order valence-electron chi connectivity index (χ0n) is 8.14. The molecule has 0 aliphatic rings. The first kappa shape index (κ1) is 9.86. The van der Waals surface area contributed by atoms with E-state index in [-0.39, 0.29) is 17.3 Å². The predicted octanol–water partition coefficient (Wildman–Crippen LogP) is 0.929. The number of hydrogen-bond donors (Lipinski definition) is 2. The molecule has 2 aromatic rings. The zero-order valence-corrected chi connectivity index (χ0v) is 8.14. The van der Waals surface area contributed by atoms with Crippen LogP contribution in [0.15, 0.2) is 30.7 Å². The molecule has 78 valence electrons. The lowest BCUT2D eigenvalue weighted by Gasteiger charge is -2.01. The maximum Gasteiger partial charge on any atom is 0.258 e. The fourth-order valence-electron chi connectivity index (χ4n) is 1.15. The molecule has 0 aromatic carbocycles. The molecule has 6 nitrogen and oxygen atoms in total. The van der Waals surface area contributed by atoms with Crippen LogP contribution in [0.25, 0.3) is 0 Å². The van der Waals surface area contributed by atoms with Crippen molar-refractivity contribution in [2.45, 2.75) is 0 Å². The van der Waals surface area contributed by atoms with Crippen molar-refractivity contribution in [2.24, 2.45) is 0 Å². The van der Waals surface area contributed by atoms with E-state index in [0.29, 0.717) is 5.56 Å². The molecule has 0 saturated carbocycles. The largest absolute Gasteiger partial charge is 0.306 e. The highest BCUT2D eigenvalue weighted by molar-refractivity contribution is 6.04. The van der Waals surface area contributed by atoms with Crippen LogP contribution in [0.1, 0.15) is 15.9 Å². The van der Waals surface area contributed by atoms with E-state index >= 15 is 0 Å². The summed E-state index contributed by atoms with van der Waals surface area (Å²) in [6.45, 7) is 0. The molecule has 1 amide bonds. The lowest BCUT2D eigenvalue weighted by Crippen LogP contribution is -2.13. The first-order chi connectivity index (χ1) is 7.81. The number of rotatable bonds is 2. The molecule has 2 heterocycles. The minimum Gasteiger partial charge on any atom is -0.306 e. The third-order valence-electron chi connectivity index (χ3n) is 1.92. The molecule has 2 aromatic heterocycles. The standard InChI is InChI=1S/C10H7N5O/c11-4-8-6-13-15-9(8)14-10(16)7-2-1-3-12-5-7/h1-3,5-6H,(H2,13,14,15,16). The Bertz CT molecular complexity index is 540. The van der Waals surface area contributed by atoms with E-state index in [0.717, 1.165) is 0 Å². The molecule has 0 aliphatic heterocycles. The summed E-state index contributed by atoms with van der Waals surface area (Å²) in [6, 6.07) is 5.20. The Labute approximate surface area is 90.9 Å². The maximum absolute atomic E-state index is 11.7. The van der Waals surface area contributed by atoms with Gasteiger partial charge in [0.1, 0.15) is 17.5 Å². The number of amides is 1. The first-order valence-corrected chi connectivity index (χ1v) is 4.46. The van der Waals surface area contributed by atoms with Crippen molar-refractivity contribution >= 4 is 11.7 Å². The number of H-pyrrole nitrogens is 1. The van der Waals surface area contributed by atoms with Crippen molar-refractivity contribution < 1.29 is 4.79 Å². The summed E-state index contributed by atoms with van der Waals surface area (Å²) < 4.78 is 0. The normalized spacial score (nSPS) is 9.44. The fourth-order valence-corrected chi connectivity index (χ4v) is 1.15. The number of carbonyl (C=O) groups is 1. The minimum absolute atomic E-state index is 0.288. The van der Waals surface area contributed by atoms with Crippen LogP contribution in [0.2, 0.25) is 0 Å². The molecule has 0 atom stereocenters. The van der Waals surface area contributed by atoms with E-state index in [2.05, 4.69) is 20.5 Å². The third-order valence-corrected chi connectivity index (χ3v) is 1.92. The Hall–Kier alpha value is -2.68. The van der Waals surface area contributed by atoms with Crippen molar-refractivity contribution in [1.29, 1.82) is 5.26 Å². The Morgan fingerprint density at radius 1 is 1.50 bits per heavy atom. The van der Waals surface area contributed by atoms with Gasteiger partial charge in [-0.3, -0.25) is 14.9 Å². The highest BCUT2D eigenvalue weighted by Crippen LogP contribution is 2.10. The second-order valence-corrected chi connectivity index (χ2v) is 2.97. The summed E-state index contributed by atoms with van der Waals surface area (Å²) in [6.07, 6.45) is 4.37. The van der Waals surface area contributed by atoms with E-state index in [1.54, 1.807) is 18.3 Å². The highest BCUT2D eigenvalue weighted by atomic mass is 16.1. The second-order valence-electron chi connectivity index (χ2n) is 2.97. The number of anilines is 1. The first-order valence-electron chi connectivity index (χ1n) is 4.46. The minimum atomic E-state index is -0.339. The van der Waals surface area contributed by atoms with Crippen LogP contribution >= 0.6 is 0 Å². The van der Waals surface area contributed by atoms with E-state index in [9.17, 15) is 4.79 Å². The van der Waals surface area contributed by atoms with E-state index in [4.69, 9.17) is 5.26 Å². The van der Waals surface area contributed by atoms with E-state index < -0.39 is 0 Å². The van der Waals surface area contributed by atoms with Crippen LogP contribution < -0.4 is 5.32 Å². The molecular formula is C10H7N5O. The number of hydrogen-bond acceptors (Lipinski definition) is 4. The van der Waals surface area contributed by atoms with Gasteiger partial charge in [-0.15, -0.1) is 0 Å². The Morgan fingerprint density at radius 2 is 2.38 bits per heavy atom. The molecule has 2 rings (SSSR count). The topological polar surface area (TPSA) is 94.5 Å². The van der Waals surface area contributed by atoms with Gasteiger partial charge >= 0.3 is 0 Å². The Morgan fingerprint density at radius 3 is 3.06 bits per heavy atom. The molecule has 0 bridgehead atoms. The number of nitrogens with one attached hydrogen (secondary N) is 2. The molecular weight excluding hydrogens is 206 g/mol. The van der Waals surface area contributed by atoms with Crippen LogP contribution in [0.4, 0.5) is 5.82 Å². The lowest BCUT2D eigenvalue weighted by atomic mass is 10.2. The van der Waals surface area contributed by atoms with Crippen LogP contribution in [0.3, 0.4) is 0 Å². The van der Waals surface area contributed by atoms with Gasteiger partial charge in [-0.25, -0.2) is 0 Å². The van der Waals surface area contributed by atoms with Gasteiger partial charge in [-0.2, -0.15) is 10.4 Å². The van der Waals surface area contributed by atoms with Crippen molar-refractivity contribution in [3.63, 3.8) is 0 Å². The Balaban J connectivity index is 2.18. The van der Waals surface area contributed by atoms with Crippen LogP contribution in [0.5, 0.6) is 0 Å². The molecule has 0 fully saturated rings. The van der Waals surface area contributed by atoms with Crippen LogP contribution in [-0.4, -0.2) is 21.1 Å². The second kappa shape index (κ2) is 4.23. The quantitative estimate of drug-likeness (QED) is 0.775. The SMILES string of the molecule is N#Cc1cn[nH]c1NC(=O)c1cccnc1. The summed E-state index contributed by atoms with van der Waals surface area (Å²) in [7, 11) is 0. The molecule has 0 spiro atoms. The average molecular weight is 213 g/mol. The summed E-state index contributed by atoms with van der Waals surface area (Å²) in [5.41, 5.74) is 0.707. The molecule has 0 aliphatic carbocycles. The van der Waals surface area contributed by atoms with Crippen molar-refractivity contribution in [2.75, 3.05) is 5.32 Å². The monoisotopic (exact) mass is 213 g/mol. The van der Waals surface area contributed by atoms with Crippen LogP contribution in [-0.2, 0) is 0 Å². The number of aromatic nitrogens is 3. The summed E-state index contributed by atoms with van der Waals surface area (Å²) in [4.78, 5) is 15.5. The Kier molecular flexibility index (Phi) is 2.61. The number of nitrogens with zero attached hydrogens (tertiary/aromatic N) is 3. The molecule has 0 radical (unpaired) electrons. The maximum atomic E-state index is 11.7. The molecule has 6 heteroatoms. The van der Waals surface area contributed by atoms with Crippen molar-refractivity contribution in [3.05, 3.63) is 41.9 Å². The summed E-state index contributed by atoms with van der Waals surface area (Å²) >= 11 is 0. The van der Waals surface area contributed by atoms with Gasteiger partial charge in [-0.1, -0.05) is 0 Å². The van der Waals surface area contributed by atoms with Gasteiger partial charge in [0.2, 0.25) is 0 Å². The summed E-state index contributed by atoms with van der Waals surface area (Å²) in [5, 5.41) is 17.4. The number of nitriles is 1. The van der Waals surface area contributed by atoms with Gasteiger partial charge in [0.25, 0.3) is 5.91 Å². The number of aromatic amines is 1. The molecule has 16 heavy (non-hydrogen) atoms. The van der Waals surface area contributed by atoms with Gasteiger partial charge in [-0.05, 0) is 12.1 Å². The number of carbonyl (C=O) groups excluding carboxylic acids is 1. The van der Waals surface area contributed by atoms with Crippen LogP contribution in [0, 0.1) is 11.3 Å². The third kappa shape index (κ3) is 1.88. The highest BCUT2D eigenvalue weighted by Gasteiger charge is 2.10. The van der Waals surface area contributed by atoms with Gasteiger partial charge in [0.15, 0.2) is 0 Å². The smallest absolute Gasteiger partial charge is 0.258 e. The molecule has 0 saturated heterocycles. The zero-order chi connectivity index (χ0) is 11.4. The summed E-state index contributed by atoms with van der Waals surface area (Å²) in [5.74, 6) is -0.0507. The van der Waals surface area contributed by atoms with Gasteiger partial charge in [0, 0.05) is 12.4 Å². The lowest BCUT2D eigenvalue weighted by molar-refractivity contribution is 0.102. The molecule has 2 N–H and O–H groups in total. The van der Waals surface area contributed by atoms with Gasteiger partial charge in [0.05, 0.1) is 11.8 Å². The fraction of sp³-hybridized carbons (Fsp3) is 0. The van der Waals surface area contributed by atoms with Gasteiger partial charge < -0.3 is 5.32 Å². The average Bonchev–Trinajstić information content (AvgIpc) is 2.77. The van der Waals surface area contributed by atoms with Crippen molar-refractivity contribution in [1.82, 2.24) is 15.2 Å². The van der Waals surface area contributed by atoms with E-state index in [1.807, 2.05) is 6.07 Å². The molecule has 0 unspecified atom stereocenters. The van der Waals surface area contributed by atoms with Crippen molar-refractivity contribution in [3.8, 4) is 6.07 Å².